The molecule has 23 heavy (non-hydrogen) atoms. The number of carbonyl (C=O) groups excluding carboxylic acids is 2. The highest BCUT2D eigenvalue weighted by Gasteiger charge is 2.13. The number of aromatic nitrogens is 3. The topological polar surface area (TPSA) is 115 Å². The second kappa shape index (κ2) is 6.91. The molecule has 8 heteroatoms. The average molecular weight is 316 g/mol. The molecule has 0 aliphatic carbocycles. The molecule has 1 unspecified atom stereocenters. The third-order valence-electron chi connectivity index (χ3n) is 3.25. The number of nitrogens with zero attached hydrogens (tertiary/aromatic N) is 3. The lowest BCUT2D eigenvalue weighted by atomic mass is 10.2. The van der Waals surface area contributed by atoms with E-state index < -0.39 is 12.1 Å². The van der Waals surface area contributed by atoms with Gasteiger partial charge in [-0.05, 0) is 38.5 Å². The molecule has 0 aromatic carbocycles. The Bertz CT molecular complexity index is 707. The zero-order valence-corrected chi connectivity index (χ0v) is 13.3. The van der Waals surface area contributed by atoms with E-state index in [9.17, 15) is 9.59 Å². The second-order valence-electron chi connectivity index (χ2n) is 5.31. The molecule has 0 fully saturated rings. The Morgan fingerprint density at radius 2 is 2.09 bits per heavy atom. The lowest BCUT2D eigenvalue weighted by Crippen LogP contribution is -2.46. The molecular formula is C15H20N6O2. The van der Waals surface area contributed by atoms with Crippen molar-refractivity contribution in [2.75, 3.05) is 0 Å². The van der Waals surface area contributed by atoms with E-state index >= 15 is 0 Å². The molecule has 2 aromatic heterocycles. The van der Waals surface area contributed by atoms with Gasteiger partial charge >= 0.3 is 6.03 Å². The molecule has 0 aliphatic heterocycles. The Kier molecular flexibility index (Phi) is 4.95. The molecule has 2 aromatic rings. The lowest BCUT2D eigenvalue weighted by Gasteiger charge is -2.12. The van der Waals surface area contributed by atoms with Crippen molar-refractivity contribution in [3.8, 4) is 5.82 Å². The zero-order valence-electron chi connectivity index (χ0n) is 13.3. The Labute approximate surface area is 134 Å². The van der Waals surface area contributed by atoms with Crippen LogP contribution < -0.4 is 16.4 Å². The molecule has 4 N–H and O–H groups in total. The molecule has 0 aliphatic rings. The largest absolute Gasteiger partial charge is 0.352 e. The van der Waals surface area contributed by atoms with Crippen LogP contribution >= 0.6 is 0 Å². The van der Waals surface area contributed by atoms with Gasteiger partial charge < -0.3 is 16.4 Å². The number of aryl methyl sites for hydroxylation is 2. The van der Waals surface area contributed by atoms with Gasteiger partial charge in [-0.3, -0.25) is 4.79 Å². The van der Waals surface area contributed by atoms with Gasteiger partial charge in [-0.25, -0.2) is 14.5 Å². The number of pyridine rings is 1. The summed E-state index contributed by atoms with van der Waals surface area (Å²) in [5.74, 6) is 0.404. The number of nitrogens with one attached hydrogen (secondary N) is 2. The second-order valence-corrected chi connectivity index (χ2v) is 5.31. The normalized spacial score (nSPS) is 11.8. The van der Waals surface area contributed by atoms with Gasteiger partial charge in [0.2, 0.25) is 5.91 Å². The number of amides is 3. The van der Waals surface area contributed by atoms with Crippen molar-refractivity contribution in [1.29, 1.82) is 0 Å². The fourth-order valence-corrected chi connectivity index (χ4v) is 2.13. The minimum atomic E-state index is -0.733. The maximum absolute atomic E-state index is 11.8. The Hall–Kier alpha value is -2.90. The summed E-state index contributed by atoms with van der Waals surface area (Å²) in [7, 11) is 0. The molecule has 3 amide bonds. The first kappa shape index (κ1) is 16.5. The van der Waals surface area contributed by atoms with Gasteiger partial charge in [0, 0.05) is 18.4 Å². The molecule has 0 saturated heterocycles. The van der Waals surface area contributed by atoms with E-state index in [1.54, 1.807) is 17.8 Å². The standard InChI is InChI=1S/C15H20N6O2/c1-9-6-10(2)21(20-9)13-5-4-12(7-17-13)8-18-14(22)11(3)19-15(16)23/h4-7,11H,8H2,1-3H3,(H,18,22)(H3,16,19,23). The highest BCUT2D eigenvalue weighted by atomic mass is 16.2. The van der Waals surface area contributed by atoms with Crippen molar-refractivity contribution in [3.63, 3.8) is 0 Å². The summed E-state index contributed by atoms with van der Waals surface area (Å²) in [5.41, 5.74) is 7.75. The molecule has 2 rings (SSSR count). The van der Waals surface area contributed by atoms with Crippen LogP contribution in [0.3, 0.4) is 0 Å². The van der Waals surface area contributed by atoms with Gasteiger partial charge in [0.1, 0.15) is 6.04 Å². The smallest absolute Gasteiger partial charge is 0.312 e. The van der Waals surface area contributed by atoms with Crippen LogP contribution in [0.25, 0.3) is 5.82 Å². The molecule has 1 atom stereocenters. The fraction of sp³-hybridized carbons (Fsp3) is 0.333. The van der Waals surface area contributed by atoms with Crippen LogP contribution in [0, 0.1) is 13.8 Å². The van der Waals surface area contributed by atoms with Crippen molar-refractivity contribution < 1.29 is 9.59 Å². The molecule has 0 saturated carbocycles. The molecule has 122 valence electrons. The summed E-state index contributed by atoms with van der Waals surface area (Å²) in [6.45, 7) is 5.76. The molecular weight excluding hydrogens is 296 g/mol. The Morgan fingerprint density at radius 3 is 2.61 bits per heavy atom. The first-order valence-corrected chi connectivity index (χ1v) is 7.19. The average Bonchev–Trinajstić information content (AvgIpc) is 2.83. The quantitative estimate of drug-likeness (QED) is 0.747. The Morgan fingerprint density at radius 1 is 1.35 bits per heavy atom. The number of urea groups is 1. The maximum Gasteiger partial charge on any atom is 0.312 e. The number of nitrogens with two attached hydrogens (primary N) is 1. The number of primary amides is 1. The van der Waals surface area contributed by atoms with Gasteiger partial charge in [0.25, 0.3) is 0 Å². The van der Waals surface area contributed by atoms with E-state index in [0.29, 0.717) is 6.54 Å². The first-order chi connectivity index (χ1) is 10.9. The number of hydrogen-bond acceptors (Lipinski definition) is 4. The van der Waals surface area contributed by atoms with E-state index in [2.05, 4.69) is 20.7 Å². The van der Waals surface area contributed by atoms with Gasteiger partial charge in [0.15, 0.2) is 5.82 Å². The molecule has 8 nitrogen and oxygen atoms in total. The molecule has 2 heterocycles. The Balaban J connectivity index is 1.97. The molecule has 0 bridgehead atoms. The summed E-state index contributed by atoms with van der Waals surface area (Å²) >= 11 is 0. The van der Waals surface area contributed by atoms with E-state index in [4.69, 9.17) is 5.73 Å². The van der Waals surface area contributed by atoms with Crippen LogP contribution in [0.1, 0.15) is 23.9 Å². The van der Waals surface area contributed by atoms with E-state index in [-0.39, 0.29) is 5.91 Å². The van der Waals surface area contributed by atoms with Crippen LogP contribution in [0.5, 0.6) is 0 Å². The van der Waals surface area contributed by atoms with Crippen molar-refractivity contribution >= 4 is 11.9 Å². The SMILES string of the molecule is Cc1cc(C)n(-c2ccc(CNC(=O)C(C)NC(N)=O)cn2)n1. The third kappa shape index (κ3) is 4.29. The summed E-state index contributed by atoms with van der Waals surface area (Å²) in [5, 5.41) is 9.39. The molecule has 0 radical (unpaired) electrons. The van der Waals surface area contributed by atoms with Gasteiger partial charge in [-0.2, -0.15) is 5.10 Å². The lowest BCUT2D eigenvalue weighted by molar-refractivity contribution is -0.122. The minimum Gasteiger partial charge on any atom is -0.352 e. The van der Waals surface area contributed by atoms with Crippen molar-refractivity contribution in [2.45, 2.75) is 33.4 Å². The number of rotatable bonds is 5. The fourth-order valence-electron chi connectivity index (χ4n) is 2.13. The molecule has 0 spiro atoms. The van der Waals surface area contributed by atoms with Gasteiger partial charge in [-0.1, -0.05) is 6.07 Å². The maximum atomic E-state index is 11.8. The summed E-state index contributed by atoms with van der Waals surface area (Å²) in [4.78, 5) is 26.8. The summed E-state index contributed by atoms with van der Waals surface area (Å²) in [6.07, 6.45) is 1.68. The van der Waals surface area contributed by atoms with Gasteiger partial charge in [0.05, 0.1) is 5.69 Å². The van der Waals surface area contributed by atoms with Crippen LogP contribution in [-0.2, 0) is 11.3 Å². The highest BCUT2D eigenvalue weighted by molar-refractivity contribution is 5.86. The van der Waals surface area contributed by atoms with Crippen LogP contribution in [0.15, 0.2) is 24.4 Å². The van der Waals surface area contributed by atoms with E-state index in [1.807, 2.05) is 32.0 Å². The van der Waals surface area contributed by atoms with E-state index in [1.165, 1.54) is 0 Å². The predicted molar refractivity (Wildman–Crippen MR) is 84.9 cm³/mol. The van der Waals surface area contributed by atoms with E-state index in [0.717, 1.165) is 22.8 Å². The monoisotopic (exact) mass is 316 g/mol. The van der Waals surface area contributed by atoms with Crippen LogP contribution in [0.4, 0.5) is 4.79 Å². The highest BCUT2D eigenvalue weighted by Crippen LogP contribution is 2.10. The summed E-state index contributed by atoms with van der Waals surface area (Å²) in [6, 6.07) is 4.26. The van der Waals surface area contributed by atoms with Crippen molar-refractivity contribution in [2.24, 2.45) is 5.73 Å². The third-order valence-corrected chi connectivity index (χ3v) is 3.25. The minimum absolute atomic E-state index is 0.313. The van der Waals surface area contributed by atoms with Crippen LogP contribution in [0.2, 0.25) is 0 Å². The van der Waals surface area contributed by atoms with Gasteiger partial charge in [-0.15, -0.1) is 0 Å². The van der Waals surface area contributed by atoms with Crippen molar-refractivity contribution in [3.05, 3.63) is 41.3 Å². The number of hydrogen-bond donors (Lipinski definition) is 3. The predicted octanol–water partition coefficient (Wildman–Crippen LogP) is 0.557. The zero-order chi connectivity index (χ0) is 17.0. The number of carbonyl (C=O) groups is 2. The van der Waals surface area contributed by atoms with Crippen molar-refractivity contribution in [1.82, 2.24) is 25.4 Å². The first-order valence-electron chi connectivity index (χ1n) is 7.19. The summed E-state index contributed by atoms with van der Waals surface area (Å²) < 4.78 is 1.76. The van der Waals surface area contributed by atoms with Crippen LogP contribution in [-0.4, -0.2) is 32.7 Å².